The quantitative estimate of drug-likeness (QED) is 0.230. The van der Waals surface area contributed by atoms with Crippen LogP contribution in [0, 0.1) is 13.8 Å². The molecule has 0 spiro atoms. The van der Waals surface area contributed by atoms with E-state index < -0.39 is 0 Å². The van der Waals surface area contributed by atoms with Gasteiger partial charge in [-0.3, -0.25) is 0 Å². The van der Waals surface area contributed by atoms with E-state index in [2.05, 4.69) is 97.4 Å². The Balaban J connectivity index is 1.48. The van der Waals surface area contributed by atoms with E-state index in [4.69, 9.17) is 0 Å². The Morgan fingerprint density at radius 2 is 1.83 bits per heavy atom. The van der Waals surface area contributed by atoms with E-state index in [9.17, 15) is 0 Å². The summed E-state index contributed by atoms with van der Waals surface area (Å²) in [6, 6.07) is 19.8. The summed E-state index contributed by atoms with van der Waals surface area (Å²) in [6.45, 7) is 11.8. The van der Waals surface area contributed by atoms with Crippen molar-refractivity contribution in [2.75, 3.05) is 6.54 Å². The largest absolute Gasteiger partial charge is 0.313 e. The third-order valence-electron chi connectivity index (χ3n) is 5.08. The summed E-state index contributed by atoms with van der Waals surface area (Å²) in [5, 5.41) is 4.62. The van der Waals surface area contributed by atoms with Crippen molar-refractivity contribution in [1.29, 1.82) is 0 Å². The second-order valence-electron chi connectivity index (χ2n) is 7.57. The monoisotopic (exact) mass is 417 g/mol. The average Bonchev–Trinajstić information content (AvgIpc) is 3.11. The Morgan fingerprint density at radius 1 is 1.03 bits per heavy atom. The molecular formula is C26H31N3S. The van der Waals surface area contributed by atoms with Crippen molar-refractivity contribution < 1.29 is 0 Å². The second kappa shape index (κ2) is 11.0. The van der Waals surface area contributed by atoms with Crippen LogP contribution in [0.15, 0.2) is 64.6 Å². The zero-order valence-electron chi connectivity index (χ0n) is 18.2. The highest BCUT2D eigenvalue weighted by molar-refractivity contribution is 7.16. The number of hydrogen-bond acceptors (Lipinski definition) is 3. The van der Waals surface area contributed by atoms with Crippen molar-refractivity contribution in [3.63, 3.8) is 0 Å². The number of hydrogen-bond donors (Lipinski definition) is 1. The van der Waals surface area contributed by atoms with E-state index in [1.165, 1.54) is 32.7 Å². The minimum Gasteiger partial charge on any atom is -0.313 e. The summed E-state index contributed by atoms with van der Waals surface area (Å²) in [7, 11) is 0. The highest BCUT2D eigenvalue weighted by Crippen LogP contribution is 2.31. The Kier molecular flexibility index (Phi) is 8.12. The van der Waals surface area contributed by atoms with Crippen LogP contribution in [0.5, 0.6) is 0 Å². The van der Waals surface area contributed by atoms with Gasteiger partial charge in [-0.05, 0) is 62.7 Å². The molecule has 0 unspecified atom stereocenters. The molecule has 0 saturated heterocycles. The number of amidine groups is 1. The predicted molar refractivity (Wildman–Crippen MR) is 133 cm³/mol. The summed E-state index contributed by atoms with van der Waals surface area (Å²) in [4.78, 5) is 9.96. The fourth-order valence-corrected chi connectivity index (χ4v) is 4.37. The van der Waals surface area contributed by atoms with Crippen LogP contribution < -0.4 is 5.32 Å². The fraction of sp³-hybridized carbons (Fsp3) is 0.308. The minimum absolute atomic E-state index is 0.798. The first-order chi connectivity index (χ1) is 14.6. The molecule has 0 atom stereocenters. The number of nitrogens with zero attached hydrogens (tertiary/aromatic N) is 2. The first-order valence-electron chi connectivity index (χ1n) is 10.6. The molecule has 1 N–H and O–H groups in total. The zero-order chi connectivity index (χ0) is 21.3. The first-order valence-corrected chi connectivity index (χ1v) is 11.4. The molecule has 0 aliphatic heterocycles. The van der Waals surface area contributed by atoms with Crippen molar-refractivity contribution in [2.45, 2.75) is 46.6 Å². The lowest BCUT2D eigenvalue weighted by Gasteiger charge is -2.07. The number of aryl methyl sites for hydroxylation is 3. The van der Waals surface area contributed by atoms with Crippen molar-refractivity contribution in [3.8, 4) is 11.1 Å². The zero-order valence-corrected chi connectivity index (χ0v) is 19.1. The molecule has 3 aromatic rings. The number of aliphatic imine (C=N–C) groups is 2. The molecule has 1 heterocycles. The Labute approximate surface area is 184 Å². The number of nitrogens with one attached hydrogen (secondary N) is 1. The maximum atomic E-state index is 4.67. The van der Waals surface area contributed by atoms with Crippen LogP contribution in [0.3, 0.4) is 0 Å². The molecule has 4 heteroatoms. The standard InChI is InChI=1S/C26H31N3S/c1-5-25(27-4)29-26-24(17-20(3)30-26)18-28-15-7-9-21-11-13-22(14-12-21)23-10-6-8-19(2)16-23/h6,8,10-14,16-17,28H,4-5,7,9,15,18H2,1-3H3/b29-25-. The Bertz CT molecular complexity index is 999. The van der Waals surface area contributed by atoms with Crippen LogP contribution in [0.2, 0.25) is 0 Å². The van der Waals surface area contributed by atoms with Crippen molar-refractivity contribution in [1.82, 2.24) is 5.32 Å². The molecule has 156 valence electrons. The van der Waals surface area contributed by atoms with E-state index in [0.29, 0.717) is 0 Å². The molecule has 3 nitrogen and oxygen atoms in total. The summed E-state index contributed by atoms with van der Waals surface area (Å²) in [5.74, 6) is 0.798. The lowest BCUT2D eigenvalue weighted by molar-refractivity contribution is 0.650. The molecule has 0 saturated carbocycles. The molecular weight excluding hydrogens is 386 g/mol. The van der Waals surface area contributed by atoms with Crippen LogP contribution in [0.4, 0.5) is 5.00 Å². The third kappa shape index (κ3) is 6.22. The maximum absolute atomic E-state index is 4.67. The summed E-state index contributed by atoms with van der Waals surface area (Å²) < 4.78 is 0. The molecule has 2 aromatic carbocycles. The van der Waals surface area contributed by atoms with Gasteiger partial charge < -0.3 is 5.32 Å². The number of thiophene rings is 1. The normalized spacial score (nSPS) is 11.6. The average molecular weight is 418 g/mol. The van der Waals surface area contributed by atoms with Crippen LogP contribution in [-0.4, -0.2) is 19.1 Å². The molecule has 0 aliphatic carbocycles. The molecule has 30 heavy (non-hydrogen) atoms. The van der Waals surface area contributed by atoms with Gasteiger partial charge >= 0.3 is 0 Å². The number of rotatable bonds is 9. The molecule has 0 bridgehead atoms. The summed E-state index contributed by atoms with van der Waals surface area (Å²) >= 11 is 1.72. The highest BCUT2D eigenvalue weighted by Gasteiger charge is 2.07. The third-order valence-corrected chi connectivity index (χ3v) is 6.07. The van der Waals surface area contributed by atoms with Gasteiger partial charge in [0.15, 0.2) is 0 Å². The maximum Gasteiger partial charge on any atom is 0.128 e. The number of benzene rings is 2. The van der Waals surface area contributed by atoms with Gasteiger partial charge in [0.2, 0.25) is 0 Å². The smallest absolute Gasteiger partial charge is 0.128 e. The van der Waals surface area contributed by atoms with Gasteiger partial charge in [-0.2, -0.15) is 0 Å². The van der Waals surface area contributed by atoms with Gasteiger partial charge in [0.25, 0.3) is 0 Å². The lowest BCUT2D eigenvalue weighted by atomic mass is 10.0. The highest BCUT2D eigenvalue weighted by atomic mass is 32.1. The minimum atomic E-state index is 0.798. The molecule has 0 aliphatic rings. The van der Waals surface area contributed by atoms with E-state index in [0.717, 1.165) is 43.2 Å². The van der Waals surface area contributed by atoms with Gasteiger partial charge in [0, 0.05) is 23.4 Å². The second-order valence-corrected chi connectivity index (χ2v) is 8.81. The Morgan fingerprint density at radius 3 is 2.53 bits per heavy atom. The molecule has 3 rings (SSSR count). The Hall–Kier alpha value is -2.56. The summed E-state index contributed by atoms with van der Waals surface area (Å²) in [6.07, 6.45) is 2.99. The van der Waals surface area contributed by atoms with Gasteiger partial charge in [0.1, 0.15) is 10.8 Å². The van der Waals surface area contributed by atoms with Gasteiger partial charge in [-0.1, -0.05) is 61.0 Å². The van der Waals surface area contributed by atoms with Gasteiger partial charge in [-0.15, -0.1) is 11.3 Å². The van der Waals surface area contributed by atoms with Crippen LogP contribution in [0.25, 0.3) is 11.1 Å². The van der Waals surface area contributed by atoms with E-state index in [1.807, 2.05) is 0 Å². The van der Waals surface area contributed by atoms with Crippen molar-refractivity contribution in [2.24, 2.45) is 9.98 Å². The first kappa shape index (κ1) is 22.1. The van der Waals surface area contributed by atoms with Gasteiger partial charge in [-0.25, -0.2) is 9.98 Å². The van der Waals surface area contributed by atoms with Crippen LogP contribution in [0.1, 0.15) is 41.3 Å². The van der Waals surface area contributed by atoms with Crippen LogP contribution in [-0.2, 0) is 13.0 Å². The lowest BCUT2D eigenvalue weighted by Crippen LogP contribution is -2.15. The molecule has 0 amide bonds. The van der Waals surface area contributed by atoms with Crippen LogP contribution >= 0.6 is 11.3 Å². The fourth-order valence-electron chi connectivity index (χ4n) is 3.45. The van der Waals surface area contributed by atoms with E-state index >= 15 is 0 Å². The van der Waals surface area contributed by atoms with Gasteiger partial charge in [0.05, 0.1) is 0 Å². The van der Waals surface area contributed by atoms with Crippen molar-refractivity contribution >= 4 is 28.9 Å². The molecule has 0 fully saturated rings. The van der Waals surface area contributed by atoms with E-state index in [-0.39, 0.29) is 0 Å². The van der Waals surface area contributed by atoms with E-state index in [1.54, 1.807) is 11.3 Å². The summed E-state index contributed by atoms with van der Waals surface area (Å²) in [5.41, 5.74) is 6.49. The van der Waals surface area contributed by atoms with Crippen molar-refractivity contribution in [3.05, 3.63) is 76.2 Å². The predicted octanol–water partition coefficient (Wildman–Crippen LogP) is 6.89. The molecule has 0 radical (unpaired) electrons. The molecule has 1 aromatic heterocycles. The topological polar surface area (TPSA) is 36.8 Å². The SMILES string of the molecule is C=N/C(CC)=N\c1sc(C)cc1CNCCCc1ccc(-c2cccc(C)c2)cc1.